The third-order valence-corrected chi connectivity index (χ3v) is 3.70. The van der Waals surface area contributed by atoms with Gasteiger partial charge in [0.25, 0.3) is 0 Å². The lowest BCUT2D eigenvalue weighted by molar-refractivity contribution is 0.795. The molecule has 0 N–H and O–H groups in total. The Balaban J connectivity index is 2.37. The van der Waals surface area contributed by atoms with Crippen LogP contribution in [0, 0.1) is 0 Å². The number of hydrogen-bond donors (Lipinski definition) is 0. The highest BCUT2D eigenvalue weighted by Crippen LogP contribution is 2.24. The predicted octanol–water partition coefficient (Wildman–Crippen LogP) is 5.53. The van der Waals surface area contributed by atoms with Crippen molar-refractivity contribution in [2.75, 3.05) is 0 Å². The Bertz CT molecular complexity index is 449. The second kappa shape index (κ2) is 6.58. The Morgan fingerprint density at radius 2 is 1.11 bits per heavy atom. The predicted molar refractivity (Wildman–Crippen MR) is 81.2 cm³/mol. The van der Waals surface area contributed by atoms with Gasteiger partial charge in [0, 0.05) is 0 Å². The van der Waals surface area contributed by atoms with E-state index >= 15 is 0 Å². The summed E-state index contributed by atoms with van der Waals surface area (Å²) in [7, 11) is 0. The van der Waals surface area contributed by atoms with E-state index in [4.69, 9.17) is 0 Å². The molecule has 0 aliphatic heterocycles. The van der Waals surface area contributed by atoms with Gasteiger partial charge in [0.15, 0.2) is 0 Å². The molecule has 0 aliphatic carbocycles. The van der Waals surface area contributed by atoms with Gasteiger partial charge in [0.05, 0.1) is 0 Å². The van der Waals surface area contributed by atoms with Crippen LogP contribution in [-0.2, 0) is 12.8 Å². The molecule has 0 heterocycles. The van der Waals surface area contributed by atoms with Crippen molar-refractivity contribution in [1.82, 2.24) is 0 Å². The van der Waals surface area contributed by atoms with Crippen LogP contribution in [0.15, 0.2) is 36.4 Å². The molecule has 0 amide bonds. The van der Waals surface area contributed by atoms with Gasteiger partial charge in [-0.1, -0.05) is 63.1 Å². The van der Waals surface area contributed by atoms with Gasteiger partial charge < -0.3 is 0 Å². The Morgan fingerprint density at radius 1 is 0.667 bits per heavy atom. The van der Waals surface area contributed by atoms with E-state index < -0.39 is 0 Å². The van der Waals surface area contributed by atoms with Crippen molar-refractivity contribution in [3.63, 3.8) is 0 Å². The first-order valence-electron chi connectivity index (χ1n) is 7.36. The topological polar surface area (TPSA) is 0 Å². The number of rotatable bonds is 6. The fraction of sp³-hybridized carbons (Fsp3) is 0.444. The normalized spacial score (nSPS) is 11.0. The van der Waals surface area contributed by atoms with Crippen LogP contribution in [0.4, 0.5) is 0 Å². The van der Waals surface area contributed by atoms with E-state index in [2.05, 4.69) is 50.2 Å². The van der Waals surface area contributed by atoms with Crippen LogP contribution in [0.25, 0.3) is 10.8 Å². The molecule has 0 fully saturated rings. The zero-order valence-electron chi connectivity index (χ0n) is 11.7. The maximum atomic E-state index is 2.29. The lowest BCUT2D eigenvalue weighted by atomic mass is 9.95. The molecule has 0 saturated carbocycles. The van der Waals surface area contributed by atoms with Crippen molar-refractivity contribution in [3.05, 3.63) is 47.5 Å². The summed E-state index contributed by atoms with van der Waals surface area (Å²) in [5.74, 6) is 0. The zero-order valence-corrected chi connectivity index (χ0v) is 11.7. The van der Waals surface area contributed by atoms with E-state index in [0.717, 1.165) is 0 Å². The molecule has 0 saturated heterocycles. The van der Waals surface area contributed by atoms with Gasteiger partial charge in [-0.3, -0.25) is 0 Å². The first-order chi connectivity index (χ1) is 8.86. The summed E-state index contributed by atoms with van der Waals surface area (Å²) in [6.45, 7) is 4.52. The van der Waals surface area contributed by atoms with Crippen LogP contribution in [0.2, 0.25) is 0 Å². The molecule has 0 aromatic heterocycles. The molecular weight excluding hydrogens is 216 g/mol. The average molecular weight is 240 g/mol. The van der Waals surface area contributed by atoms with Crippen molar-refractivity contribution >= 4 is 10.8 Å². The fourth-order valence-corrected chi connectivity index (χ4v) is 2.61. The lowest BCUT2D eigenvalue weighted by Gasteiger charge is -2.10. The van der Waals surface area contributed by atoms with E-state index in [1.54, 1.807) is 0 Å². The molecule has 0 nitrogen and oxygen atoms in total. The molecule has 96 valence electrons. The third-order valence-electron chi connectivity index (χ3n) is 3.70. The molecule has 0 atom stereocenters. The highest BCUT2D eigenvalue weighted by molar-refractivity contribution is 5.88. The molecule has 0 unspecified atom stereocenters. The highest BCUT2D eigenvalue weighted by atomic mass is 14.1. The number of unbranched alkanes of at least 4 members (excludes halogenated alkanes) is 2. The molecule has 0 spiro atoms. The van der Waals surface area contributed by atoms with Crippen molar-refractivity contribution in [3.8, 4) is 0 Å². The van der Waals surface area contributed by atoms with Crippen molar-refractivity contribution in [2.45, 2.75) is 52.4 Å². The van der Waals surface area contributed by atoms with Crippen LogP contribution >= 0.6 is 0 Å². The first-order valence-corrected chi connectivity index (χ1v) is 7.36. The Labute approximate surface area is 111 Å². The second-order valence-corrected chi connectivity index (χ2v) is 5.14. The number of aryl methyl sites for hydroxylation is 2. The molecule has 2 rings (SSSR count). The van der Waals surface area contributed by atoms with Crippen molar-refractivity contribution < 1.29 is 0 Å². The molecule has 2 aromatic carbocycles. The van der Waals surface area contributed by atoms with E-state index in [1.807, 2.05) is 0 Å². The summed E-state index contributed by atoms with van der Waals surface area (Å²) in [5.41, 5.74) is 3.04. The summed E-state index contributed by atoms with van der Waals surface area (Å²) < 4.78 is 0. The molecule has 0 heteroatoms. The standard InChI is InChI=1S/C18H24/c1-3-5-9-15-11-7-14-18-16(10-6-4-2)12-8-13-17(15)18/h7-8,11-14H,3-6,9-10H2,1-2H3. The molecular formula is C18H24. The van der Waals surface area contributed by atoms with E-state index in [-0.39, 0.29) is 0 Å². The van der Waals surface area contributed by atoms with Gasteiger partial charge in [-0.15, -0.1) is 0 Å². The highest BCUT2D eigenvalue weighted by Gasteiger charge is 2.04. The largest absolute Gasteiger partial charge is 0.0654 e. The van der Waals surface area contributed by atoms with Gasteiger partial charge in [0.1, 0.15) is 0 Å². The molecule has 2 aromatic rings. The van der Waals surface area contributed by atoms with E-state index in [1.165, 1.54) is 60.4 Å². The minimum Gasteiger partial charge on any atom is -0.0654 e. The fourth-order valence-electron chi connectivity index (χ4n) is 2.61. The second-order valence-electron chi connectivity index (χ2n) is 5.14. The Kier molecular flexibility index (Phi) is 4.81. The summed E-state index contributed by atoms with van der Waals surface area (Å²) >= 11 is 0. The Morgan fingerprint density at radius 3 is 1.50 bits per heavy atom. The molecule has 0 radical (unpaired) electrons. The molecule has 0 bridgehead atoms. The van der Waals surface area contributed by atoms with Crippen LogP contribution < -0.4 is 0 Å². The van der Waals surface area contributed by atoms with Gasteiger partial charge in [-0.25, -0.2) is 0 Å². The molecule has 0 aliphatic rings. The van der Waals surface area contributed by atoms with Crippen molar-refractivity contribution in [2.24, 2.45) is 0 Å². The zero-order chi connectivity index (χ0) is 12.8. The van der Waals surface area contributed by atoms with Gasteiger partial charge in [0.2, 0.25) is 0 Å². The smallest absolute Gasteiger partial charge is 0.0149 e. The minimum absolute atomic E-state index is 1.21. The number of fused-ring (bicyclic) bond motifs is 1. The van der Waals surface area contributed by atoms with Gasteiger partial charge >= 0.3 is 0 Å². The van der Waals surface area contributed by atoms with Gasteiger partial charge in [-0.2, -0.15) is 0 Å². The number of benzene rings is 2. The minimum atomic E-state index is 1.21. The Hall–Kier alpha value is -1.30. The maximum Gasteiger partial charge on any atom is -0.0149 e. The first kappa shape index (κ1) is 13.1. The quantitative estimate of drug-likeness (QED) is 0.623. The monoisotopic (exact) mass is 240 g/mol. The number of hydrogen-bond acceptors (Lipinski definition) is 0. The van der Waals surface area contributed by atoms with E-state index in [0.29, 0.717) is 0 Å². The lowest BCUT2D eigenvalue weighted by Crippen LogP contribution is -1.91. The summed E-state index contributed by atoms with van der Waals surface area (Å²) in [5, 5.41) is 2.94. The van der Waals surface area contributed by atoms with E-state index in [9.17, 15) is 0 Å². The van der Waals surface area contributed by atoms with Crippen LogP contribution in [0.3, 0.4) is 0 Å². The van der Waals surface area contributed by atoms with Crippen molar-refractivity contribution in [1.29, 1.82) is 0 Å². The summed E-state index contributed by atoms with van der Waals surface area (Å²) in [4.78, 5) is 0. The van der Waals surface area contributed by atoms with Gasteiger partial charge in [-0.05, 0) is 47.6 Å². The third kappa shape index (κ3) is 2.93. The van der Waals surface area contributed by atoms with Crippen LogP contribution in [-0.4, -0.2) is 0 Å². The van der Waals surface area contributed by atoms with Crippen LogP contribution in [0.1, 0.15) is 50.7 Å². The maximum absolute atomic E-state index is 2.29. The molecule has 18 heavy (non-hydrogen) atoms. The average Bonchev–Trinajstić information content (AvgIpc) is 2.42. The summed E-state index contributed by atoms with van der Waals surface area (Å²) in [6.07, 6.45) is 7.55. The summed E-state index contributed by atoms with van der Waals surface area (Å²) in [6, 6.07) is 13.6. The SMILES string of the molecule is CCCCc1cccc2c(CCCC)cccc12. The van der Waals surface area contributed by atoms with Crippen LogP contribution in [0.5, 0.6) is 0 Å².